The average molecular weight is 461 g/mol. The third-order valence-electron chi connectivity index (χ3n) is 4.30. The van der Waals surface area contributed by atoms with E-state index in [4.69, 9.17) is 5.11 Å². The van der Waals surface area contributed by atoms with Gasteiger partial charge in [-0.15, -0.1) is 0 Å². The number of hydrogen-bond donors (Lipinski definition) is 3. The highest BCUT2D eigenvalue weighted by Gasteiger charge is 2.20. The Morgan fingerprint density at radius 2 is 1.41 bits per heavy atom. The summed E-state index contributed by atoms with van der Waals surface area (Å²) in [5, 5.41) is 21.3. The van der Waals surface area contributed by atoms with E-state index in [0.29, 0.717) is 16.6 Å². The van der Waals surface area contributed by atoms with E-state index in [1.54, 1.807) is 32.2 Å². The van der Waals surface area contributed by atoms with Crippen molar-refractivity contribution in [2.24, 2.45) is 0 Å². The molecule has 0 bridgehead atoms. The minimum atomic E-state index is -0.330. The zero-order chi connectivity index (χ0) is 25.3. The van der Waals surface area contributed by atoms with E-state index in [1.807, 2.05) is 80.6 Å². The van der Waals surface area contributed by atoms with Crippen LogP contribution in [0.15, 0.2) is 84.9 Å². The van der Waals surface area contributed by atoms with Crippen molar-refractivity contribution in [2.75, 3.05) is 13.7 Å². The Kier molecular flexibility index (Phi) is 12.9. The Bertz CT molecular complexity index is 1150. The Morgan fingerprint density at radius 1 is 0.912 bits per heavy atom. The van der Waals surface area contributed by atoms with Gasteiger partial charge in [0.05, 0.1) is 11.1 Å². The summed E-state index contributed by atoms with van der Waals surface area (Å²) in [6, 6.07) is 25.7. The fourth-order valence-corrected chi connectivity index (χ4v) is 2.89. The van der Waals surface area contributed by atoms with E-state index in [1.165, 1.54) is 0 Å². The lowest BCUT2D eigenvalue weighted by molar-refractivity contribution is 0.0961. The third-order valence-corrected chi connectivity index (χ3v) is 4.30. The van der Waals surface area contributed by atoms with Gasteiger partial charge in [-0.2, -0.15) is 0 Å². The molecular weight excluding hydrogens is 428 g/mol. The van der Waals surface area contributed by atoms with Crippen molar-refractivity contribution < 1.29 is 19.8 Å². The maximum Gasteiger partial charge on any atom is 0.255 e. The number of aldehydes is 1. The molecule has 1 aromatic heterocycles. The van der Waals surface area contributed by atoms with Crippen LogP contribution in [0.25, 0.3) is 22.2 Å². The zero-order valence-electron chi connectivity index (χ0n) is 20.0. The van der Waals surface area contributed by atoms with Crippen molar-refractivity contribution in [3.63, 3.8) is 0 Å². The molecule has 1 heterocycles. The van der Waals surface area contributed by atoms with Crippen molar-refractivity contribution in [3.05, 3.63) is 96.1 Å². The van der Waals surface area contributed by atoms with Gasteiger partial charge in [0, 0.05) is 30.2 Å². The molecule has 3 aromatic carbocycles. The van der Waals surface area contributed by atoms with Crippen molar-refractivity contribution >= 4 is 23.1 Å². The van der Waals surface area contributed by atoms with Crippen LogP contribution in [-0.2, 0) is 0 Å². The predicted molar refractivity (Wildman–Crippen MR) is 138 cm³/mol. The molecule has 0 aliphatic heterocycles. The quantitative estimate of drug-likeness (QED) is 0.351. The molecule has 1 amide bonds. The Labute approximate surface area is 200 Å². The van der Waals surface area contributed by atoms with Gasteiger partial charge in [-0.3, -0.25) is 9.59 Å². The summed E-state index contributed by atoms with van der Waals surface area (Å²) in [5.41, 5.74) is 2.83. The van der Waals surface area contributed by atoms with E-state index in [9.17, 15) is 14.7 Å². The van der Waals surface area contributed by atoms with Gasteiger partial charge in [-0.1, -0.05) is 92.7 Å². The summed E-state index contributed by atoms with van der Waals surface area (Å²) < 4.78 is 0. The molecule has 6 heteroatoms. The lowest BCUT2D eigenvalue weighted by Gasteiger charge is -2.12. The number of aromatic nitrogens is 1. The van der Waals surface area contributed by atoms with Gasteiger partial charge >= 0.3 is 0 Å². The number of nitrogens with one attached hydrogen (secondary N) is 1. The number of carbonyl (C=O) groups is 2. The number of para-hydroxylation sites is 1. The standard InChI is InChI=1S/C17H14N2O2.C7H6O.C2H6O.C2H6/c1-18-17(21)14-12-9-5-6-10-13(12)19-15(16(14)20)11-7-3-2-4-8-11;8-6-7-4-2-1-3-5-7;1-2-3;1-2/h2-10,20H,1H3,(H,18,21);1-6H;3H,2H2,1H3;1-2H3. The van der Waals surface area contributed by atoms with Crippen LogP contribution in [0.1, 0.15) is 41.5 Å². The molecule has 6 nitrogen and oxygen atoms in total. The molecule has 0 saturated heterocycles. The van der Waals surface area contributed by atoms with Crippen LogP contribution in [0.5, 0.6) is 5.75 Å². The second kappa shape index (κ2) is 15.7. The number of rotatable bonds is 3. The number of hydrogen-bond acceptors (Lipinski definition) is 5. The summed E-state index contributed by atoms with van der Waals surface area (Å²) in [6.45, 7) is 5.93. The molecule has 0 fully saturated rings. The van der Waals surface area contributed by atoms with Crippen LogP contribution in [0.3, 0.4) is 0 Å². The number of fused-ring (bicyclic) bond motifs is 1. The molecule has 34 heavy (non-hydrogen) atoms. The lowest BCUT2D eigenvalue weighted by atomic mass is 10.0. The molecule has 4 aromatic rings. The fraction of sp³-hybridized carbons (Fsp3) is 0.179. The Hall–Kier alpha value is -4.03. The number of pyridine rings is 1. The van der Waals surface area contributed by atoms with Gasteiger partial charge < -0.3 is 15.5 Å². The van der Waals surface area contributed by atoms with E-state index in [-0.39, 0.29) is 23.8 Å². The highest BCUT2D eigenvalue weighted by Crippen LogP contribution is 2.35. The lowest BCUT2D eigenvalue weighted by Crippen LogP contribution is -2.18. The Balaban J connectivity index is 0.000000369. The van der Waals surface area contributed by atoms with E-state index in [0.717, 1.165) is 17.4 Å². The maximum absolute atomic E-state index is 12.1. The first-order valence-electron chi connectivity index (χ1n) is 11.1. The Morgan fingerprint density at radius 3 is 1.91 bits per heavy atom. The average Bonchev–Trinajstić information content (AvgIpc) is 2.91. The number of carbonyl (C=O) groups excluding carboxylic acids is 2. The number of aliphatic hydroxyl groups excluding tert-OH is 1. The van der Waals surface area contributed by atoms with E-state index >= 15 is 0 Å². The second-order valence-corrected chi connectivity index (χ2v) is 6.49. The van der Waals surface area contributed by atoms with E-state index < -0.39 is 0 Å². The first-order chi connectivity index (χ1) is 16.6. The molecule has 0 atom stereocenters. The van der Waals surface area contributed by atoms with Crippen molar-refractivity contribution in [3.8, 4) is 17.0 Å². The van der Waals surface area contributed by atoms with Crippen molar-refractivity contribution in [2.45, 2.75) is 20.8 Å². The monoisotopic (exact) mass is 460 g/mol. The van der Waals surface area contributed by atoms with Crippen LogP contribution in [0.2, 0.25) is 0 Å². The normalized spacial score (nSPS) is 9.21. The fourth-order valence-electron chi connectivity index (χ4n) is 2.89. The summed E-state index contributed by atoms with van der Waals surface area (Å²) in [5.74, 6) is -0.428. The summed E-state index contributed by atoms with van der Waals surface area (Å²) in [4.78, 5) is 26.6. The number of amides is 1. The van der Waals surface area contributed by atoms with Crippen LogP contribution in [-0.4, -0.2) is 41.0 Å². The van der Waals surface area contributed by atoms with Gasteiger partial charge in [0.15, 0.2) is 5.75 Å². The summed E-state index contributed by atoms with van der Waals surface area (Å²) in [7, 11) is 1.54. The summed E-state index contributed by atoms with van der Waals surface area (Å²) >= 11 is 0. The number of nitrogens with zero attached hydrogens (tertiary/aromatic N) is 1. The third kappa shape index (κ3) is 7.83. The molecule has 0 aliphatic rings. The molecule has 0 aliphatic carbocycles. The molecule has 0 radical (unpaired) electrons. The largest absolute Gasteiger partial charge is 0.505 e. The van der Waals surface area contributed by atoms with Crippen LogP contribution < -0.4 is 5.32 Å². The first kappa shape index (κ1) is 28.0. The minimum absolute atomic E-state index is 0.0979. The van der Waals surface area contributed by atoms with Gasteiger partial charge in [0.1, 0.15) is 12.0 Å². The molecule has 3 N–H and O–H groups in total. The maximum atomic E-state index is 12.1. The van der Waals surface area contributed by atoms with E-state index in [2.05, 4.69) is 10.3 Å². The van der Waals surface area contributed by atoms with Gasteiger partial charge in [-0.25, -0.2) is 4.98 Å². The molecule has 178 valence electrons. The molecule has 4 rings (SSSR count). The van der Waals surface area contributed by atoms with Crippen LogP contribution in [0, 0.1) is 0 Å². The van der Waals surface area contributed by atoms with Crippen LogP contribution >= 0.6 is 0 Å². The number of aromatic hydroxyl groups is 1. The number of aliphatic hydroxyl groups is 1. The molecule has 0 saturated carbocycles. The molecule has 0 unspecified atom stereocenters. The van der Waals surface area contributed by atoms with Crippen molar-refractivity contribution in [1.29, 1.82) is 0 Å². The van der Waals surface area contributed by atoms with Gasteiger partial charge in [-0.05, 0) is 13.0 Å². The van der Waals surface area contributed by atoms with Crippen LogP contribution in [0.4, 0.5) is 0 Å². The predicted octanol–water partition coefficient (Wildman–Crippen LogP) is 5.49. The smallest absolute Gasteiger partial charge is 0.255 e. The van der Waals surface area contributed by atoms with Gasteiger partial charge in [0.25, 0.3) is 5.91 Å². The first-order valence-corrected chi connectivity index (χ1v) is 11.1. The molecule has 0 spiro atoms. The minimum Gasteiger partial charge on any atom is -0.505 e. The van der Waals surface area contributed by atoms with Gasteiger partial charge in [0.2, 0.25) is 0 Å². The zero-order valence-corrected chi connectivity index (χ0v) is 20.0. The highest BCUT2D eigenvalue weighted by molar-refractivity contribution is 6.10. The number of benzene rings is 3. The topological polar surface area (TPSA) is 99.5 Å². The van der Waals surface area contributed by atoms with Crippen molar-refractivity contribution in [1.82, 2.24) is 10.3 Å². The molecular formula is C28H32N2O4. The second-order valence-electron chi connectivity index (χ2n) is 6.49. The summed E-state index contributed by atoms with van der Waals surface area (Å²) in [6.07, 6.45) is 0.833. The SMILES string of the molecule is CC.CCO.CNC(=O)c1c(O)c(-c2ccccc2)nc2ccccc12.O=Cc1ccccc1. The highest BCUT2D eigenvalue weighted by atomic mass is 16.3.